The summed E-state index contributed by atoms with van der Waals surface area (Å²) in [4.78, 5) is 0. The van der Waals surface area contributed by atoms with Gasteiger partial charge < -0.3 is 14.6 Å². The smallest absolute Gasteiger partial charge is 0.160 e. The summed E-state index contributed by atoms with van der Waals surface area (Å²) < 4.78 is 10.6. The molecule has 2 aromatic carbocycles. The van der Waals surface area contributed by atoms with E-state index in [9.17, 15) is 5.11 Å². The number of para-hydroxylation sites is 1. The van der Waals surface area contributed by atoms with Crippen LogP contribution in [0.4, 0.5) is 0 Å². The molecule has 3 nitrogen and oxygen atoms in total. The minimum atomic E-state index is -0.416. The molecule has 0 saturated heterocycles. The second-order valence-electron chi connectivity index (χ2n) is 3.76. The summed E-state index contributed by atoms with van der Waals surface area (Å²) in [5.41, 5.74) is 0.769. The molecule has 4 heteroatoms. The first-order chi connectivity index (χ1) is 8.70. The zero-order valence-corrected chi connectivity index (χ0v) is 13.5. The molecule has 0 aromatic heterocycles. The normalized spacial score (nSPS) is 11.3. The van der Waals surface area contributed by atoms with Crippen LogP contribution in [0.3, 0.4) is 0 Å². The van der Waals surface area contributed by atoms with Crippen LogP contribution in [-0.2, 0) is 32.7 Å². The van der Waals surface area contributed by atoms with Gasteiger partial charge in [0.05, 0.1) is 7.11 Å². The summed E-state index contributed by atoms with van der Waals surface area (Å²) in [6, 6.07) is 15.3. The fourth-order valence-electron chi connectivity index (χ4n) is 1.58. The Labute approximate surface area is 138 Å². The van der Waals surface area contributed by atoms with Gasteiger partial charge in [-0.1, -0.05) is 6.07 Å². The molecule has 0 fully saturated rings. The van der Waals surface area contributed by atoms with E-state index >= 15 is 0 Å². The Kier molecular flexibility index (Phi) is 6.33. The van der Waals surface area contributed by atoms with Crippen molar-refractivity contribution >= 4 is 0 Å². The first-order valence-corrected chi connectivity index (χ1v) is 5.54. The number of methoxy groups -OCH3 is 1. The van der Waals surface area contributed by atoms with E-state index in [0.29, 0.717) is 11.5 Å². The number of hydrogen-bond donors (Lipinski definition) is 1. The molecule has 0 heterocycles. The molecule has 1 atom stereocenters. The zero-order chi connectivity index (χ0) is 13.0. The van der Waals surface area contributed by atoms with Crippen molar-refractivity contribution in [3.63, 3.8) is 0 Å². The Balaban J connectivity index is 0.00000180. The van der Waals surface area contributed by atoms with Gasteiger partial charge in [-0.3, -0.25) is 6.92 Å². The van der Waals surface area contributed by atoms with E-state index in [4.69, 9.17) is 9.47 Å². The van der Waals surface area contributed by atoms with Crippen LogP contribution in [0.25, 0.3) is 0 Å². The van der Waals surface area contributed by atoms with Crippen molar-refractivity contribution in [1.82, 2.24) is 0 Å². The third-order valence-electron chi connectivity index (χ3n) is 2.52. The van der Waals surface area contributed by atoms with E-state index < -0.39 is 6.10 Å². The van der Waals surface area contributed by atoms with Crippen LogP contribution in [0.2, 0.25) is 0 Å². The van der Waals surface area contributed by atoms with E-state index in [2.05, 4.69) is 13.0 Å². The molecule has 0 spiro atoms. The molecule has 0 saturated carbocycles. The fraction of sp³-hybridized carbons (Fsp3) is 0.133. The van der Waals surface area contributed by atoms with E-state index in [1.54, 1.807) is 24.3 Å². The molecule has 1 N–H and O–H groups in total. The van der Waals surface area contributed by atoms with E-state index in [-0.39, 0.29) is 38.5 Å². The summed E-state index contributed by atoms with van der Waals surface area (Å²) >= 11 is 0. The fourth-order valence-corrected chi connectivity index (χ4v) is 1.58. The van der Waals surface area contributed by atoms with Crippen molar-refractivity contribution in [1.29, 1.82) is 0 Å². The van der Waals surface area contributed by atoms with Gasteiger partial charge >= 0.3 is 0 Å². The molecule has 2 rings (SSSR count). The summed E-state index contributed by atoms with van der Waals surface area (Å²) in [6.07, 6.45) is -0.416. The zero-order valence-electron chi connectivity index (χ0n) is 10.7. The Morgan fingerprint density at radius 3 is 2.63 bits per heavy atom. The molecule has 0 bridgehead atoms. The average molecular weight is 331 g/mol. The number of phenols is 1. The maximum atomic E-state index is 9.69. The van der Waals surface area contributed by atoms with Crippen molar-refractivity contribution in [2.75, 3.05) is 7.11 Å². The molecule has 0 aliphatic heterocycles. The molecule has 0 aliphatic rings. The standard InChI is InChI=1S/C15H14O3.Y/c1-11(18-13-6-4-3-5-7-13)12-8-9-15(17-2)14(16)10-12;/h3-6,8-11,16H,1H2,2H3;/q-2;. The minimum absolute atomic E-state index is 0. The molecular formula is C15H14O3Y-2. The second-order valence-corrected chi connectivity index (χ2v) is 3.76. The number of phenolic OH excluding ortho intramolecular Hbond substituents is 1. The first-order valence-electron chi connectivity index (χ1n) is 5.54. The van der Waals surface area contributed by atoms with Crippen LogP contribution >= 0.6 is 0 Å². The molecule has 0 amide bonds. The molecule has 0 aliphatic carbocycles. The maximum Gasteiger partial charge on any atom is 0.160 e. The predicted octanol–water partition coefficient (Wildman–Crippen LogP) is 3.15. The van der Waals surface area contributed by atoms with Gasteiger partial charge in [-0.2, -0.15) is 18.2 Å². The minimum Gasteiger partial charge on any atom is -0.544 e. The Morgan fingerprint density at radius 1 is 1.26 bits per heavy atom. The summed E-state index contributed by atoms with van der Waals surface area (Å²) in [7, 11) is 1.51. The molecule has 19 heavy (non-hydrogen) atoms. The van der Waals surface area contributed by atoms with Crippen molar-refractivity contribution in [3.05, 3.63) is 61.0 Å². The number of hydrogen-bond acceptors (Lipinski definition) is 3. The number of rotatable bonds is 4. The monoisotopic (exact) mass is 331 g/mol. The van der Waals surface area contributed by atoms with E-state index in [0.717, 1.165) is 5.56 Å². The third-order valence-corrected chi connectivity index (χ3v) is 2.52. The first kappa shape index (κ1) is 16.0. The molecule has 1 unspecified atom stereocenters. The van der Waals surface area contributed by atoms with Crippen LogP contribution in [0, 0.1) is 13.0 Å². The van der Waals surface area contributed by atoms with Gasteiger partial charge in [0, 0.05) is 38.5 Å². The summed E-state index contributed by atoms with van der Waals surface area (Å²) in [5.74, 6) is 1.12. The van der Waals surface area contributed by atoms with Crippen LogP contribution in [0.5, 0.6) is 17.2 Å². The van der Waals surface area contributed by atoms with Gasteiger partial charge in [0.25, 0.3) is 0 Å². The van der Waals surface area contributed by atoms with Gasteiger partial charge in [-0.15, -0.1) is 12.1 Å². The third kappa shape index (κ3) is 4.22. The molecule has 97 valence electrons. The van der Waals surface area contributed by atoms with Gasteiger partial charge in [-0.05, 0) is 23.8 Å². The SMILES string of the molecule is [CH2-]C(Oc1[c-]cccc1)c1ccc(OC)c(O)c1.[Y]. The Hall–Kier alpha value is -1.06. The Morgan fingerprint density at radius 2 is 2.05 bits per heavy atom. The molecular weight excluding hydrogens is 317 g/mol. The largest absolute Gasteiger partial charge is 0.544 e. The summed E-state index contributed by atoms with van der Waals surface area (Å²) in [6.45, 7) is 3.91. The van der Waals surface area contributed by atoms with Crippen LogP contribution in [-0.4, -0.2) is 12.2 Å². The predicted molar refractivity (Wildman–Crippen MR) is 68.7 cm³/mol. The van der Waals surface area contributed by atoms with Gasteiger partial charge in [0.1, 0.15) is 0 Å². The quantitative estimate of drug-likeness (QED) is 0.875. The van der Waals surface area contributed by atoms with Crippen molar-refractivity contribution in [3.8, 4) is 17.2 Å². The van der Waals surface area contributed by atoms with Gasteiger partial charge in [0.2, 0.25) is 0 Å². The second kappa shape index (κ2) is 7.51. The van der Waals surface area contributed by atoms with Gasteiger partial charge in [0.15, 0.2) is 11.5 Å². The number of benzene rings is 2. The molecule has 1 radical (unpaired) electrons. The molecule has 2 aromatic rings. The Bertz CT molecular complexity index is 514. The van der Waals surface area contributed by atoms with Crippen molar-refractivity contribution in [2.24, 2.45) is 0 Å². The maximum absolute atomic E-state index is 9.69. The topological polar surface area (TPSA) is 38.7 Å². The van der Waals surface area contributed by atoms with Crippen molar-refractivity contribution in [2.45, 2.75) is 6.10 Å². The van der Waals surface area contributed by atoms with Crippen molar-refractivity contribution < 1.29 is 47.3 Å². The van der Waals surface area contributed by atoms with Crippen LogP contribution < -0.4 is 9.47 Å². The number of aromatic hydroxyl groups is 1. The van der Waals surface area contributed by atoms with E-state index in [1.807, 2.05) is 18.2 Å². The summed E-state index contributed by atoms with van der Waals surface area (Å²) in [5, 5.41) is 9.69. The van der Waals surface area contributed by atoms with Gasteiger partial charge in [-0.25, -0.2) is 0 Å². The van der Waals surface area contributed by atoms with Crippen LogP contribution in [0.15, 0.2) is 42.5 Å². The average Bonchev–Trinajstić information content (AvgIpc) is 2.39. The van der Waals surface area contributed by atoms with Crippen LogP contribution in [0.1, 0.15) is 11.7 Å². The number of ether oxygens (including phenoxy) is 2. The van der Waals surface area contributed by atoms with E-state index in [1.165, 1.54) is 7.11 Å².